The number of rotatable bonds is 3. The summed E-state index contributed by atoms with van der Waals surface area (Å²) >= 11 is 0. The van der Waals surface area contributed by atoms with Crippen molar-refractivity contribution in [2.45, 2.75) is 18.9 Å². The van der Waals surface area contributed by atoms with E-state index in [0.717, 1.165) is 12.8 Å². The second kappa shape index (κ2) is 4.08. The second-order valence-electron chi connectivity index (χ2n) is 4.02. The fourth-order valence-corrected chi connectivity index (χ4v) is 1.26. The molecule has 0 bridgehead atoms. The molecule has 5 heteroatoms. The molecule has 2 rings (SSSR count). The molecule has 1 aliphatic carbocycles. The molecule has 4 nitrogen and oxygen atoms in total. The predicted octanol–water partition coefficient (Wildman–Crippen LogP) is 1.46. The summed E-state index contributed by atoms with van der Waals surface area (Å²) in [6, 6.07) is 0. The van der Waals surface area contributed by atoms with Crippen LogP contribution in [-0.4, -0.2) is 36.0 Å². The lowest BCUT2D eigenvalue weighted by molar-refractivity contribution is 0.0821. The quantitative estimate of drug-likeness (QED) is 0.780. The fourth-order valence-electron chi connectivity index (χ4n) is 1.26. The molecule has 16 heavy (non-hydrogen) atoms. The first-order valence-electron chi connectivity index (χ1n) is 5.11. The number of hydrogen-bond acceptors (Lipinski definition) is 3. The number of nitrogens with zero attached hydrogens (tertiary/aromatic N) is 2. The van der Waals surface area contributed by atoms with E-state index in [2.05, 4.69) is 4.98 Å². The van der Waals surface area contributed by atoms with Crippen molar-refractivity contribution >= 4 is 5.91 Å². The molecular formula is C11H13FN2O2. The Morgan fingerprint density at radius 3 is 2.75 bits per heavy atom. The molecule has 0 radical (unpaired) electrons. The molecule has 1 aromatic rings. The number of amides is 1. The Morgan fingerprint density at radius 1 is 1.50 bits per heavy atom. The molecule has 0 atom stereocenters. The maximum Gasteiger partial charge on any atom is 0.258 e. The van der Waals surface area contributed by atoms with E-state index >= 15 is 0 Å². The summed E-state index contributed by atoms with van der Waals surface area (Å²) in [7, 11) is 3.13. The summed E-state index contributed by atoms with van der Waals surface area (Å²) in [6.45, 7) is 0. The molecule has 1 fully saturated rings. The Balaban J connectivity index is 2.27. The van der Waals surface area contributed by atoms with Gasteiger partial charge in [0.2, 0.25) is 0 Å². The van der Waals surface area contributed by atoms with Gasteiger partial charge >= 0.3 is 0 Å². The monoisotopic (exact) mass is 224 g/mol. The molecule has 0 N–H and O–H groups in total. The minimum Gasteiger partial charge on any atom is -0.486 e. The molecule has 0 aromatic carbocycles. The van der Waals surface area contributed by atoms with Crippen molar-refractivity contribution in [3.8, 4) is 5.75 Å². The number of halogens is 1. The van der Waals surface area contributed by atoms with E-state index in [-0.39, 0.29) is 17.4 Å². The van der Waals surface area contributed by atoms with Gasteiger partial charge in [0.05, 0.1) is 17.9 Å². The third-order valence-electron chi connectivity index (χ3n) is 2.30. The molecule has 0 saturated heterocycles. The van der Waals surface area contributed by atoms with Gasteiger partial charge in [-0.15, -0.1) is 0 Å². The maximum atomic E-state index is 13.9. The van der Waals surface area contributed by atoms with Crippen LogP contribution in [0, 0.1) is 5.82 Å². The van der Waals surface area contributed by atoms with Crippen LogP contribution in [0.15, 0.2) is 12.4 Å². The Kier molecular flexibility index (Phi) is 2.77. The summed E-state index contributed by atoms with van der Waals surface area (Å²) in [5.41, 5.74) is -0.0526. The summed E-state index contributed by atoms with van der Waals surface area (Å²) < 4.78 is 19.2. The maximum absolute atomic E-state index is 13.9. The van der Waals surface area contributed by atoms with Gasteiger partial charge in [0.15, 0.2) is 11.6 Å². The van der Waals surface area contributed by atoms with Gasteiger partial charge in [-0.05, 0) is 12.8 Å². The lowest BCUT2D eigenvalue weighted by Gasteiger charge is -2.12. The van der Waals surface area contributed by atoms with Gasteiger partial charge in [-0.3, -0.25) is 9.78 Å². The van der Waals surface area contributed by atoms with Crippen molar-refractivity contribution in [3.63, 3.8) is 0 Å². The third kappa shape index (κ3) is 2.13. The van der Waals surface area contributed by atoms with E-state index in [1.54, 1.807) is 14.1 Å². The zero-order chi connectivity index (χ0) is 11.7. The van der Waals surface area contributed by atoms with E-state index in [4.69, 9.17) is 4.74 Å². The minimum absolute atomic E-state index is 0.0526. The highest BCUT2D eigenvalue weighted by molar-refractivity contribution is 5.94. The first kappa shape index (κ1) is 10.9. The summed E-state index contributed by atoms with van der Waals surface area (Å²) in [6.07, 6.45) is 4.48. The number of aromatic nitrogens is 1. The minimum atomic E-state index is -0.624. The fraction of sp³-hybridized carbons (Fsp3) is 0.455. The summed E-state index contributed by atoms with van der Waals surface area (Å²) in [5, 5.41) is 0. The van der Waals surface area contributed by atoms with Crippen molar-refractivity contribution in [2.24, 2.45) is 0 Å². The first-order valence-corrected chi connectivity index (χ1v) is 5.11. The highest BCUT2D eigenvalue weighted by Crippen LogP contribution is 2.29. The number of carbonyl (C=O) groups is 1. The van der Waals surface area contributed by atoms with Gasteiger partial charge in [-0.25, -0.2) is 4.39 Å². The Hall–Kier alpha value is -1.65. The summed E-state index contributed by atoms with van der Waals surface area (Å²) in [5.74, 6) is -0.970. The van der Waals surface area contributed by atoms with Crippen molar-refractivity contribution < 1.29 is 13.9 Å². The Bertz CT molecular complexity index is 416. The SMILES string of the molecule is CN(C)C(=O)c1cncc(OC2CC2)c1F. The molecule has 0 aliphatic heterocycles. The van der Waals surface area contributed by atoms with Crippen LogP contribution in [0.5, 0.6) is 5.75 Å². The number of ether oxygens (including phenoxy) is 1. The van der Waals surface area contributed by atoms with Gasteiger partial charge in [-0.1, -0.05) is 0 Å². The van der Waals surface area contributed by atoms with Crippen LogP contribution in [-0.2, 0) is 0 Å². The highest BCUT2D eigenvalue weighted by Gasteiger charge is 2.26. The van der Waals surface area contributed by atoms with Crippen molar-refractivity contribution in [1.82, 2.24) is 9.88 Å². The second-order valence-corrected chi connectivity index (χ2v) is 4.02. The number of hydrogen-bond donors (Lipinski definition) is 0. The smallest absolute Gasteiger partial charge is 0.258 e. The van der Waals surface area contributed by atoms with Crippen LogP contribution in [0.25, 0.3) is 0 Å². The van der Waals surface area contributed by atoms with Gasteiger partial charge in [0.1, 0.15) is 0 Å². The third-order valence-corrected chi connectivity index (χ3v) is 2.30. The topological polar surface area (TPSA) is 42.4 Å². The van der Waals surface area contributed by atoms with Crippen LogP contribution >= 0.6 is 0 Å². The van der Waals surface area contributed by atoms with Gasteiger partial charge in [0, 0.05) is 20.3 Å². The first-order chi connectivity index (χ1) is 7.59. The van der Waals surface area contributed by atoms with E-state index in [9.17, 15) is 9.18 Å². The van der Waals surface area contributed by atoms with Gasteiger partial charge in [-0.2, -0.15) is 0 Å². The highest BCUT2D eigenvalue weighted by atomic mass is 19.1. The molecular weight excluding hydrogens is 211 g/mol. The standard InChI is InChI=1S/C11H13FN2O2/c1-14(2)11(15)8-5-13-6-9(10(8)12)16-7-3-4-7/h5-7H,3-4H2,1-2H3. The van der Waals surface area contributed by atoms with Gasteiger partial charge in [0.25, 0.3) is 5.91 Å². The molecule has 0 unspecified atom stereocenters. The van der Waals surface area contributed by atoms with Crippen LogP contribution in [0.1, 0.15) is 23.2 Å². The molecule has 86 valence electrons. The Morgan fingerprint density at radius 2 is 2.19 bits per heavy atom. The predicted molar refractivity (Wildman–Crippen MR) is 55.9 cm³/mol. The summed E-state index contributed by atoms with van der Waals surface area (Å²) in [4.78, 5) is 16.7. The molecule has 0 spiro atoms. The average molecular weight is 224 g/mol. The Labute approximate surface area is 93.0 Å². The van der Waals surface area contributed by atoms with E-state index < -0.39 is 11.7 Å². The zero-order valence-corrected chi connectivity index (χ0v) is 9.24. The lowest BCUT2D eigenvalue weighted by atomic mass is 10.2. The van der Waals surface area contributed by atoms with Crippen LogP contribution in [0.4, 0.5) is 4.39 Å². The van der Waals surface area contributed by atoms with Crippen molar-refractivity contribution in [1.29, 1.82) is 0 Å². The number of pyridine rings is 1. The van der Waals surface area contributed by atoms with Crippen LogP contribution < -0.4 is 4.74 Å². The van der Waals surface area contributed by atoms with Gasteiger partial charge < -0.3 is 9.64 Å². The zero-order valence-electron chi connectivity index (χ0n) is 9.24. The molecule has 1 amide bonds. The van der Waals surface area contributed by atoms with Crippen LogP contribution in [0.2, 0.25) is 0 Å². The number of carbonyl (C=O) groups excluding carboxylic acids is 1. The average Bonchev–Trinajstić information content (AvgIpc) is 3.04. The van der Waals surface area contributed by atoms with Crippen LogP contribution in [0.3, 0.4) is 0 Å². The molecule has 1 saturated carbocycles. The molecule has 1 aliphatic rings. The van der Waals surface area contributed by atoms with E-state index in [1.807, 2.05) is 0 Å². The lowest BCUT2D eigenvalue weighted by Crippen LogP contribution is -2.23. The van der Waals surface area contributed by atoms with Crippen molar-refractivity contribution in [2.75, 3.05) is 14.1 Å². The normalized spacial score (nSPS) is 14.7. The van der Waals surface area contributed by atoms with E-state index in [1.165, 1.54) is 17.3 Å². The molecule has 1 heterocycles. The molecule has 1 aromatic heterocycles. The van der Waals surface area contributed by atoms with E-state index in [0.29, 0.717) is 0 Å². The van der Waals surface area contributed by atoms with Crippen molar-refractivity contribution in [3.05, 3.63) is 23.8 Å². The largest absolute Gasteiger partial charge is 0.486 e.